The predicted octanol–water partition coefficient (Wildman–Crippen LogP) is 2.47. The second kappa shape index (κ2) is 6.48. The molecule has 0 unspecified atom stereocenters. The summed E-state index contributed by atoms with van der Waals surface area (Å²) in [5.74, 6) is -0.539. The van der Waals surface area contributed by atoms with E-state index in [4.69, 9.17) is 21.6 Å². The van der Waals surface area contributed by atoms with Gasteiger partial charge in [-0.15, -0.1) is 0 Å². The van der Waals surface area contributed by atoms with Crippen LogP contribution in [0.15, 0.2) is 23.1 Å². The number of benzene rings is 1. The zero-order valence-electron chi connectivity index (χ0n) is 13.6. The molecule has 1 aromatic carbocycles. The van der Waals surface area contributed by atoms with Crippen molar-refractivity contribution in [3.05, 3.63) is 28.8 Å². The number of sulfonamides is 1. The molecule has 0 spiro atoms. The van der Waals surface area contributed by atoms with E-state index in [1.807, 2.05) is 6.07 Å². The summed E-state index contributed by atoms with van der Waals surface area (Å²) in [5, 5.41) is 8.88. The lowest BCUT2D eigenvalue weighted by molar-refractivity contribution is -0.154. The molecular weight excluding hydrogens is 340 g/mol. The SMILES string of the molecule is COC(=O)C(C)(C)C(C)(C)NS(=O)(=O)c1ccc(C#N)c(Cl)c1. The fraction of sp³-hybridized carbons (Fsp3) is 0.467. The highest BCUT2D eigenvalue weighted by Gasteiger charge is 2.46. The first kappa shape index (κ1) is 19.4. The highest BCUT2D eigenvalue weighted by Crippen LogP contribution is 2.33. The monoisotopic (exact) mass is 358 g/mol. The van der Waals surface area contributed by atoms with Crippen LogP contribution in [-0.2, 0) is 19.6 Å². The third-order valence-corrected chi connectivity index (χ3v) is 5.99. The summed E-state index contributed by atoms with van der Waals surface area (Å²) in [4.78, 5) is 11.8. The van der Waals surface area contributed by atoms with Crippen LogP contribution in [0.25, 0.3) is 0 Å². The second-order valence-electron chi connectivity index (χ2n) is 6.10. The van der Waals surface area contributed by atoms with Crippen molar-refractivity contribution in [1.82, 2.24) is 4.72 Å². The van der Waals surface area contributed by atoms with Crippen molar-refractivity contribution in [3.63, 3.8) is 0 Å². The third kappa shape index (κ3) is 3.83. The Kier molecular flexibility index (Phi) is 5.47. The number of hydrogen-bond donors (Lipinski definition) is 1. The maximum atomic E-state index is 12.6. The molecule has 23 heavy (non-hydrogen) atoms. The van der Waals surface area contributed by atoms with Crippen LogP contribution in [0.5, 0.6) is 0 Å². The number of carbonyl (C=O) groups is 1. The van der Waals surface area contributed by atoms with E-state index >= 15 is 0 Å². The summed E-state index contributed by atoms with van der Waals surface area (Å²) in [6.07, 6.45) is 0. The van der Waals surface area contributed by atoms with Crippen LogP contribution >= 0.6 is 11.6 Å². The summed E-state index contributed by atoms with van der Waals surface area (Å²) in [5.41, 5.74) is -2.05. The van der Waals surface area contributed by atoms with Crippen LogP contribution < -0.4 is 4.72 Å². The van der Waals surface area contributed by atoms with E-state index in [2.05, 4.69) is 4.72 Å². The average molecular weight is 359 g/mol. The van der Waals surface area contributed by atoms with Gasteiger partial charge in [-0.25, -0.2) is 13.1 Å². The van der Waals surface area contributed by atoms with E-state index in [-0.39, 0.29) is 15.5 Å². The van der Waals surface area contributed by atoms with E-state index in [0.717, 1.165) is 0 Å². The topological polar surface area (TPSA) is 96.3 Å². The third-order valence-electron chi connectivity index (χ3n) is 4.02. The molecule has 0 aliphatic heterocycles. The molecule has 0 amide bonds. The molecule has 126 valence electrons. The Bertz CT molecular complexity index is 764. The van der Waals surface area contributed by atoms with E-state index in [0.29, 0.717) is 0 Å². The van der Waals surface area contributed by atoms with Crippen LogP contribution in [0.1, 0.15) is 33.3 Å². The van der Waals surface area contributed by atoms with Crippen molar-refractivity contribution in [2.75, 3.05) is 7.11 Å². The number of esters is 1. The zero-order valence-corrected chi connectivity index (χ0v) is 15.2. The normalized spacial score (nSPS) is 12.6. The van der Waals surface area contributed by atoms with Crippen molar-refractivity contribution < 1.29 is 17.9 Å². The van der Waals surface area contributed by atoms with E-state index < -0.39 is 26.9 Å². The molecule has 1 aromatic rings. The lowest BCUT2D eigenvalue weighted by Gasteiger charge is -2.39. The Morgan fingerprint density at radius 3 is 2.30 bits per heavy atom. The summed E-state index contributed by atoms with van der Waals surface area (Å²) in [7, 11) is -2.70. The minimum absolute atomic E-state index is 0.0420. The molecule has 8 heteroatoms. The van der Waals surface area contributed by atoms with Gasteiger partial charge in [0.1, 0.15) is 6.07 Å². The molecule has 0 saturated heterocycles. The van der Waals surface area contributed by atoms with Crippen LogP contribution in [0.2, 0.25) is 5.02 Å². The Morgan fingerprint density at radius 2 is 1.87 bits per heavy atom. The van der Waals surface area contributed by atoms with Crippen LogP contribution in [-0.4, -0.2) is 27.0 Å². The number of hydrogen-bond acceptors (Lipinski definition) is 5. The largest absolute Gasteiger partial charge is 0.469 e. The highest BCUT2D eigenvalue weighted by atomic mass is 35.5. The average Bonchev–Trinajstić information content (AvgIpc) is 2.44. The Balaban J connectivity index is 3.23. The lowest BCUT2D eigenvalue weighted by Crippen LogP contribution is -2.57. The minimum Gasteiger partial charge on any atom is -0.469 e. The number of methoxy groups -OCH3 is 1. The number of nitriles is 1. The molecule has 0 bridgehead atoms. The van der Waals surface area contributed by atoms with Crippen LogP contribution in [0.3, 0.4) is 0 Å². The molecule has 1 N–H and O–H groups in total. The van der Waals surface area contributed by atoms with Crippen molar-refractivity contribution in [2.45, 2.75) is 38.1 Å². The first-order valence-corrected chi connectivity index (χ1v) is 8.57. The van der Waals surface area contributed by atoms with E-state index in [9.17, 15) is 13.2 Å². The first-order chi connectivity index (χ1) is 10.4. The molecule has 0 aliphatic rings. The Hall–Kier alpha value is -1.62. The summed E-state index contributed by atoms with van der Waals surface area (Å²) in [6, 6.07) is 5.67. The molecular formula is C15H19ClN2O4S. The molecule has 0 saturated carbocycles. The summed E-state index contributed by atoms with van der Waals surface area (Å²) < 4.78 is 32.3. The van der Waals surface area contributed by atoms with Gasteiger partial charge in [-0.1, -0.05) is 11.6 Å². The van der Waals surface area contributed by atoms with Gasteiger partial charge in [0.15, 0.2) is 0 Å². The number of rotatable bonds is 5. The molecule has 6 nitrogen and oxygen atoms in total. The summed E-state index contributed by atoms with van der Waals surface area (Å²) >= 11 is 5.88. The molecule has 0 radical (unpaired) electrons. The molecule has 1 rings (SSSR count). The number of carbonyl (C=O) groups excluding carboxylic acids is 1. The minimum atomic E-state index is -3.94. The van der Waals surface area contributed by atoms with Gasteiger partial charge in [-0.05, 0) is 45.9 Å². The molecule has 0 heterocycles. The van der Waals surface area contributed by atoms with Crippen molar-refractivity contribution in [3.8, 4) is 6.07 Å². The van der Waals surface area contributed by atoms with Gasteiger partial charge in [0.2, 0.25) is 10.0 Å². The lowest BCUT2D eigenvalue weighted by atomic mass is 9.75. The van der Waals surface area contributed by atoms with Gasteiger partial charge in [-0.2, -0.15) is 5.26 Å². The molecule has 0 aliphatic carbocycles. The zero-order chi connectivity index (χ0) is 18.1. The quantitative estimate of drug-likeness (QED) is 0.815. The van der Waals surface area contributed by atoms with Crippen molar-refractivity contribution >= 4 is 27.6 Å². The maximum Gasteiger partial charge on any atom is 0.313 e. The Morgan fingerprint density at radius 1 is 1.30 bits per heavy atom. The van der Waals surface area contributed by atoms with Gasteiger partial charge in [-0.3, -0.25) is 4.79 Å². The summed E-state index contributed by atoms with van der Waals surface area (Å²) in [6.45, 7) is 6.36. The van der Waals surface area contributed by atoms with Crippen LogP contribution in [0.4, 0.5) is 0 Å². The van der Waals surface area contributed by atoms with Gasteiger partial charge in [0.25, 0.3) is 0 Å². The van der Waals surface area contributed by atoms with Crippen LogP contribution in [0, 0.1) is 16.7 Å². The molecule has 0 fully saturated rings. The molecule has 0 atom stereocenters. The smallest absolute Gasteiger partial charge is 0.313 e. The number of halogens is 1. The molecule has 0 aromatic heterocycles. The van der Waals surface area contributed by atoms with E-state index in [1.54, 1.807) is 27.7 Å². The Labute approximate surface area is 141 Å². The van der Waals surface area contributed by atoms with Crippen molar-refractivity contribution in [1.29, 1.82) is 5.26 Å². The van der Waals surface area contributed by atoms with Crippen molar-refractivity contribution in [2.24, 2.45) is 5.41 Å². The van der Waals surface area contributed by atoms with Gasteiger partial charge >= 0.3 is 5.97 Å². The predicted molar refractivity (Wildman–Crippen MR) is 86.4 cm³/mol. The van der Waals surface area contributed by atoms with E-state index in [1.165, 1.54) is 25.3 Å². The standard InChI is InChI=1S/C15H19ClN2O4S/c1-14(2,13(19)22-5)15(3,4)18-23(20,21)11-7-6-10(9-17)12(16)8-11/h6-8,18H,1-5H3. The fourth-order valence-corrected chi connectivity index (χ4v) is 3.64. The van der Waals surface area contributed by atoms with Gasteiger partial charge in [0, 0.05) is 5.54 Å². The van der Waals surface area contributed by atoms with Gasteiger partial charge in [0.05, 0.1) is 28.0 Å². The number of nitrogens with zero attached hydrogens (tertiary/aromatic N) is 1. The number of nitrogens with one attached hydrogen (secondary N) is 1. The highest BCUT2D eigenvalue weighted by molar-refractivity contribution is 7.89. The van der Waals surface area contributed by atoms with Gasteiger partial charge < -0.3 is 4.74 Å². The number of ether oxygens (including phenoxy) is 1. The second-order valence-corrected chi connectivity index (χ2v) is 8.19. The maximum absolute atomic E-state index is 12.6. The first-order valence-electron chi connectivity index (χ1n) is 6.71. The fourth-order valence-electron chi connectivity index (χ4n) is 1.79.